The Hall–Kier alpha value is -1.46. The lowest BCUT2D eigenvalue weighted by Gasteiger charge is -2.31. The second-order valence-electron chi connectivity index (χ2n) is 5.19. The van der Waals surface area contributed by atoms with Crippen molar-refractivity contribution < 1.29 is 19.4 Å². The smallest absolute Gasteiger partial charge is 0.307 e. The summed E-state index contributed by atoms with van der Waals surface area (Å²) in [6, 6.07) is 3.72. The van der Waals surface area contributed by atoms with E-state index in [4.69, 9.17) is 26.2 Å². The molecule has 1 fully saturated rings. The summed E-state index contributed by atoms with van der Waals surface area (Å²) in [7, 11) is 3.12. The summed E-state index contributed by atoms with van der Waals surface area (Å²) >= 11 is 6.36. The fourth-order valence-corrected chi connectivity index (χ4v) is 2.99. The van der Waals surface area contributed by atoms with Crippen molar-refractivity contribution in [2.45, 2.75) is 19.4 Å². The van der Waals surface area contributed by atoms with E-state index in [1.54, 1.807) is 14.2 Å². The Labute approximate surface area is 129 Å². The fourth-order valence-electron chi connectivity index (χ4n) is 2.69. The van der Waals surface area contributed by atoms with Crippen LogP contribution in [0.15, 0.2) is 12.1 Å². The van der Waals surface area contributed by atoms with Gasteiger partial charge in [-0.1, -0.05) is 17.7 Å². The maximum Gasteiger partial charge on any atom is 0.307 e. The average molecular weight is 314 g/mol. The number of benzene rings is 1. The molecule has 1 atom stereocenters. The van der Waals surface area contributed by atoms with Gasteiger partial charge in [-0.2, -0.15) is 0 Å². The van der Waals surface area contributed by atoms with Gasteiger partial charge in [-0.05, 0) is 31.0 Å². The molecule has 0 saturated carbocycles. The number of methoxy groups -OCH3 is 2. The molecule has 1 unspecified atom stereocenters. The molecule has 0 bridgehead atoms. The van der Waals surface area contributed by atoms with Gasteiger partial charge in [0, 0.05) is 13.1 Å². The van der Waals surface area contributed by atoms with Gasteiger partial charge in [0.1, 0.15) is 0 Å². The third-order valence-electron chi connectivity index (χ3n) is 3.81. The van der Waals surface area contributed by atoms with Crippen LogP contribution in [0, 0.1) is 5.92 Å². The van der Waals surface area contributed by atoms with Crippen LogP contribution in [-0.4, -0.2) is 43.3 Å². The molecule has 1 aliphatic heterocycles. The van der Waals surface area contributed by atoms with Crippen LogP contribution >= 0.6 is 11.6 Å². The van der Waals surface area contributed by atoms with Crippen molar-refractivity contribution in [2.75, 3.05) is 27.3 Å². The quantitative estimate of drug-likeness (QED) is 0.905. The molecule has 0 aromatic heterocycles. The maximum atomic E-state index is 11.1. The average Bonchev–Trinajstić information content (AvgIpc) is 2.49. The molecule has 2 rings (SSSR count). The summed E-state index contributed by atoms with van der Waals surface area (Å²) in [5, 5.41) is 9.66. The highest BCUT2D eigenvalue weighted by Crippen LogP contribution is 2.38. The minimum absolute atomic E-state index is 0.294. The molecule has 1 heterocycles. The molecular weight excluding hydrogens is 294 g/mol. The van der Waals surface area contributed by atoms with Gasteiger partial charge in [-0.15, -0.1) is 0 Å². The lowest BCUT2D eigenvalue weighted by Crippen LogP contribution is -2.38. The Morgan fingerprint density at radius 1 is 1.43 bits per heavy atom. The van der Waals surface area contributed by atoms with Gasteiger partial charge < -0.3 is 14.6 Å². The number of rotatable bonds is 5. The summed E-state index contributed by atoms with van der Waals surface area (Å²) < 4.78 is 10.5. The normalized spacial score (nSPS) is 19.3. The molecule has 116 valence electrons. The van der Waals surface area contributed by atoms with E-state index in [0.29, 0.717) is 29.6 Å². The number of aliphatic carboxylic acids is 1. The SMILES string of the molecule is COc1ccc(CN2CCCC(C(=O)O)C2)c(Cl)c1OC. The van der Waals surface area contributed by atoms with Gasteiger partial charge in [0.15, 0.2) is 11.5 Å². The summed E-state index contributed by atoms with van der Waals surface area (Å²) in [5.74, 6) is 0.0903. The zero-order valence-electron chi connectivity index (χ0n) is 12.3. The van der Waals surface area contributed by atoms with Crippen LogP contribution in [0.3, 0.4) is 0 Å². The molecule has 1 aromatic rings. The van der Waals surface area contributed by atoms with Crippen LogP contribution in [-0.2, 0) is 11.3 Å². The third kappa shape index (κ3) is 3.60. The van der Waals surface area contributed by atoms with E-state index >= 15 is 0 Å². The highest BCUT2D eigenvalue weighted by molar-refractivity contribution is 6.33. The van der Waals surface area contributed by atoms with Crippen LogP contribution in [0.5, 0.6) is 11.5 Å². The maximum absolute atomic E-state index is 11.1. The fraction of sp³-hybridized carbons (Fsp3) is 0.533. The molecule has 1 aromatic carbocycles. The number of carboxylic acid groups (broad SMARTS) is 1. The molecular formula is C15H20ClNO4. The second-order valence-corrected chi connectivity index (χ2v) is 5.56. The van der Waals surface area contributed by atoms with E-state index in [1.165, 1.54) is 0 Å². The van der Waals surface area contributed by atoms with Crippen LogP contribution in [0.2, 0.25) is 5.02 Å². The molecule has 0 radical (unpaired) electrons. The van der Waals surface area contributed by atoms with Crippen molar-refractivity contribution in [3.8, 4) is 11.5 Å². The summed E-state index contributed by atoms with van der Waals surface area (Å²) in [6.45, 7) is 2.05. The Morgan fingerprint density at radius 2 is 2.19 bits per heavy atom. The zero-order valence-corrected chi connectivity index (χ0v) is 13.0. The first kappa shape index (κ1) is 15.9. The van der Waals surface area contributed by atoms with E-state index in [1.807, 2.05) is 12.1 Å². The lowest BCUT2D eigenvalue weighted by molar-refractivity contribution is -0.143. The second kappa shape index (κ2) is 7.00. The number of carboxylic acids is 1. The minimum atomic E-state index is -0.724. The predicted octanol–water partition coefficient (Wildman–Crippen LogP) is 2.65. The molecule has 21 heavy (non-hydrogen) atoms. The van der Waals surface area contributed by atoms with Crippen molar-refractivity contribution in [3.63, 3.8) is 0 Å². The lowest BCUT2D eigenvalue weighted by atomic mass is 9.98. The zero-order chi connectivity index (χ0) is 15.4. The predicted molar refractivity (Wildman–Crippen MR) is 80.2 cm³/mol. The molecule has 6 heteroatoms. The summed E-state index contributed by atoms with van der Waals surface area (Å²) in [5.41, 5.74) is 0.917. The third-order valence-corrected chi connectivity index (χ3v) is 4.23. The van der Waals surface area contributed by atoms with E-state index < -0.39 is 5.97 Å². The largest absolute Gasteiger partial charge is 0.493 e. The van der Waals surface area contributed by atoms with Crippen molar-refractivity contribution in [2.24, 2.45) is 5.92 Å². The van der Waals surface area contributed by atoms with Gasteiger partial charge in [0.2, 0.25) is 0 Å². The first-order chi connectivity index (χ1) is 10.1. The molecule has 0 amide bonds. The topological polar surface area (TPSA) is 59.0 Å². The van der Waals surface area contributed by atoms with E-state index in [-0.39, 0.29) is 5.92 Å². The Morgan fingerprint density at radius 3 is 2.81 bits per heavy atom. The number of piperidine rings is 1. The summed E-state index contributed by atoms with van der Waals surface area (Å²) in [4.78, 5) is 13.2. The van der Waals surface area contributed by atoms with Crippen molar-refractivity contribution in [1.29, 1.82) is 0 Å². The molecule has 0 aliphatic carbocycles. The Kier molecular flexibility index (Phi) is 5.31. The Bertz CT molecular complexity index is 521. The van der Waals surface area contributed by atoms with Crippen molar-refractivity contribution >= 4 is 17.6 Å². The highest BCUT2D eigenvalue weighted by atomic mass is 35.5. The van der Waals surface area contributed by atoms with Crippen molar-refractivity contribution in [3.05, 3.63) is 22.7 Å². The van der Waals surface area contributed by atoms with E-state index in [2.05, 4.69) is 4.90 Å². The van der Waals surface area contributed by atoms with Gasteiger partial charge in [-0.25, -0.2) is 0 Å². The molecule has 0 spiro atoms. The summed E-state index contributed by atoms with van der Waals surface area (Å²) in [6.07, 6.45) is 1.63. The first-order valence-electron chi connectivity index (χ1n) is 6.91. The molecule has 1 saturated heterocycles. The standard InChI is InChI=1S/C15H20ClNO4/c1-20-12-6-5-10(13(16)14(12)21-2)8-17-7-3-4-11(9-17)15(18)19/h5-6,11H,3-4,7-9H2,1-2H3,(H,18,19). The van der Waals surface area contributed by atoms with Gasteiger partial charge >= 0.3 is 5.97 Å². The number of halogens is 1. The number of hydrogen-bond donors (Lipinski definition) is 1. The molecule has 5 nitrogen and oxygen atoms in total. The monoisotopic (exact) mass is 313 g/mol. The molecule has 1 aliphatic rings. The van der Waals surface area contributed by atoms with E-state index in [0.717, 1.165) is 24.9 Å². The van der Waals surface area contributed by atoms with Gasteiger partial charge in [-0.3, -0.25) is 9.69 Å². The van der Waals surface area contributed by atoms with Crippen molar-refractivity contribution in [1.82, 2.24) is 4.90 Å². The number of ether oxygens (including phenoxy) is 2. The number of nitrogens with zero attached hydrogens (tertiary/aromatic N) is 1. The van der Waals surface area contributed by atoms with E-state index in [9.17, 15) is 4.79 Å². The van der Waals surface area contributed by atoms with Crippen LogP contribution in [0.1, 0.15) is 18.4 Å². The van der Waals surface area contributed by atoms with Crippen LogP contribution in [0.25, 0.3) is 0 Å². The van der Waals surface area contributed by atoms with Gasteiger partial charge in [0.05, 0.1) is 25.2 Å². The van der Waals surface area contributed by atoms with Crippen LogP contribution in [0.4, 0.5) is 0 Å². The number of carbonyl (C=O) groups is 1. The Balaban J connectivity index is 2.14. The van der Waals surface area contributed by atoms with Crippen LogP contribution < -0.4 is 9.47 Å². The molecule has 1 N–H and O–H groups in total. The highest BCUT2D eigenvalue weighted by Gasteiger charge is 2.26. The number of hydrogen-bond acceptors (Lipinski definition) is 4. The minimum Gasteiger partial charge on any atom is -0.493 e. The first-order valence-corrected chi connectivity index (χ1v) is 7.29. The van der Waals surface area contributed by atoms with Gasteiger partial charge in [0.25, 0.3) is 0 Å². The number of likely N-dealkylation sites (tertiary alicyclic amines) is 1.